The van der Waals surface area contributed by atoms with Gasteiger partial charge in [-0.2, -0.15) is 0 Å². The summed E-state index contributed by atoms with van der Waals surface area (Å²) in [6.45, 7) is 1.11. The molecular weight excluding hydrogens is 280 g/mol. The van der Waals surface area contributed by atoms with Gasteiger partial charge in [0.2, 0.25) is 15.9 Å². The third-order valence-corrected chi connectivity index (χ3v) is 4.47. The van der Waals surface area contributed by atoms with Crippen LogP contribution < -0.4 is 21.5 Å². The van der Waals surface area contributed by atoms with Crippen LogP contribution in [0.25, 0.3) is 0 Å². The molecule has 110 valence electrons. The Balaban J connectivity index is 2.29. The fourth-order valence-electron chi connectivity index (χ4n) is 2.42. The van der Waals surface area contributed by atoms with Crippen molar-refractivity contribution in [1.82, 2.24) is 0 Å². The van der Waals surface area contributed by atoms with Crippen LogP contribution in [0.1, 0.15) is 12.8 Å². The molecule has 0 unspecified atom stereocenters. The van der Waals surface area contributed by atoms with Gasteiger partial charge >= 0.3 is 0 Å². The van der Waals surface area contributed by atoms with E-state index in [0.717, 1.165) is 0 Å². The average molecular weight is 298 g/mol. The molecule has 1 aliphatic heterocycles. The van der Waals surface area contributed by atoms with Crippen LogP contribution in [0.4, 0.5) is 11.4 Å². The minimum atomic E-state index is -3.85. The molecule has 0 aliphatic carbocycles. The molecule has 8 heteroatoms. The Morgan fingerprint density at radius 3 is 2.35 bits per heavy atom. The Hall–Kier alpha value is -1.80. The largest absolute Gasteiger partial charge is 0.399 e. The standard InChI is InChI=1S/C12H18N4O3S/c13-9-1-2-10(11(7-9)20(15,18)19)16-5-3-8(4-6-16)12(14)17/h1-2,7-8H,3-6,13H2,(H2,14,17)(H2,15,18,19). The molecule has 1 fully saturated rings. The molecule has 6 N–H and O–H groups in total. The second-order valence-corrected chi connectivity index (χ2v) is 6.47. The Bertz CT molecular complexity index is 622. The van der Waals surface area contributed by atoms with E-state index in [4.69, 9.17) is 16.6 Å². The Morgan fingerprint density at radius 2 is 1.85 bits per heavy atom. The van der Waals surface area contributed by atoms with Gasteiger partial charge in [-0.05, 0) is 31.0 Å². The molecule has 0 saturated carbocycles. The number of anilines is 2. The third-order valence-electron chi connectivity index (χ3n) is 3.53. The summed E-state index contributed by atoms with van der Waals surface area (Å²) in [5.74, 6) is -0.466. The number of primary amides is 1. The van der Waals surface area contributed by atoms with Crippen LogP contribution in [0.3, 0.4) is 0 Å². The van der Waals surface area contributed by atoms with Crippen LogP contribution in [0.15, 0.2) is 23.1 Å². The molecule has 1 heterocycles. The fourth-order valence-corrected chi connectivity index (χ4v) is 3.21. The van der Waals surface area contributed by atoms with E-state index in [1.807, 2.05) is 4.90 Å². The minimum absolute atomic E-state index is 0.00928. The lowest BCUT2D eigenvalue weighted by atomic mass is 9.96. The van der Waals surface area contributed by atoms with Gasteiger partial charge in [0, 0.05) is 24.7 Å². The molecule has 20 heavy (non-hydrogen) atoms. The van der Waals surface area contributed by atoms with Gasteiger partial charge in [-0.25, -0.2) is 13.6 Å². The molecule has 1 amide bonds. The van der Waals surface area contributed by atoms with Gasteiger partial charge in [-0.15, -0.1) is 0 Å². The maximum atomic E-state index is 11.6. The number of primary sulfonamides is 1. The Labute approximate surface area is 117 Å². The summed E-state index contributed by atoms with van der Waals surface area (Å²) in [5.41, 5.74) is 11.8. The van der Waals surface area contributed by atoms with E-state index in [0.29, 0.717) is 37.3 Å². The molecule has 0 radical (unpaired) electrons. The highest BCUT2D eigenvalue weighted by atomic mass is 32.2. The van der Waals surface area contributed by atoms with Gasteiger partial charge in [-0.1, -0.05) is 0 Å². The molecule has 7 nitrogen and oxygen atoms in total. The normalized spacial score (nSPS) is 17.1. The number of hydrogen-bond donors (Lipinski definition) is 3. The lowest BCUT2D eigenvalue weighted by molar-refractivity contribution is -0.122. The molecule has 1 saturated heterocycles. The maximum absolute atomic E-state index is 11.6. The second kappa shape index (κ2) is 5.29. The highest BCUT2D eigenvalue weighted by Gasteiger charge is 2.26. The first-order valence-corrected chi connectivity index (χ1v) is 7.80. The zero-order valence-electron chi connectivity index (χ0n) is 11.0. The topological polar surface area (TPSA) is 133 Å². The predicted molar refractivity (Wildman–Crippen MR) is 76.4 cm³/mol. The minimum Gasteiger partial charge on any atom is -0.399 e. The van der Waals surface area contributed by atoms with Crippen molar-refractivity contribution in [2.45, 2.75) is 17.7 Å². The van der Waals surface area contributed by atoms with Crippen molar-refractivity contribution in [3.05, 3.63) is 18.2 Å². The summed E-state index contributed by atoms with van der Waals surface area (Å²) in [4.78, 5) is 13.0. The van der Waals surface area contributed by atoms with Gasteiger partial charge < -0.3 is 16.4 Å². The number of nitrogens with zero attached hydrogens (tertiary/aromatic N) is 1. The van der Waals surface area contributed by atoms with Crippen molar-refractivity contribution in [2.75, 3.05) is 23.7 Å². The van der Waals surface area contributed by atoms with Crippen molar-refractivity contribution in [1.29, 1.82) is 0 Å². The number of amides is 1. The van der Waals surface area contributed by atoms with E-state index in [1.165, 1.54) is 6.07 Å². The van der Waals surface area contributed by atoms with Crippen LogP contribution in [-0.4, -0.2) is 27.4 Å². The van der Waals surface area contributed by atoms with Gasteiger partial charge in [0.25, 0.3) is 0 Å². The summed E-state index contributed by atoms with van der Waals surface area (Å²) in [6.07, 6.45) is 1.20. The number of nitrogen functional groups attached to an aromatic ring is 1. The summed E-state index contributed by atoms with van der Waals surface area (Å²) >= 11 is 0. The maximum Gasteiger partial charge on any atom is 0.240 e. The van der Waals surface area contributed by atoms with Crippen LogP contribution in [0.2, 0.25) is 0 Å². The molecule has 0 bridgehead atoms. The zero-order valence-corrected chi connectivity index (χ0v) is 11.8. The second-order valence-electron chi connectivity index (χ2n) is 4.94. The van der Waals surface area contributed by atoms with Gasteiger partial charge in [0.15, 0.2) is 0 Å². The third kappa shape index (κ3) is 3.02. The lowest BCUT2D eigenvalue weighted by Crippen LogP contribution is -2.39. The molecular formula is C12H18N4O3S. The molecule has 0 spiro atoms. The van der Waals surface area contributed by atoms with E-state index >= 15 is 0 Å². The van der Waals surface area contributed by atoms with E-state index in [9.17, 15) is 13.2 Å². The monoisotopic (exact) mass is 298 g/mol. The summed E-state index contributed by atoms with van der Waals surface area (Å²) in [6, 6.07) is 4.62. The van der Waals surface area contributed by atoms with Crippen LogP contribution >= 0.6 is 0 Å². The number of carbonyl (C=O) groups is 1. The SMILES string of the molecule is NC(=O)C1CCN(c2ccc(N)cc2S(N)(=O)=O)CC1. The Morgan fingerprint density at radius 1 is 1.25 bits per heavy atom. The zero-order chi connectivity index (χ0) is 14.9. The molecule has 0 atom stereocenters. The molecule has 1 aromatic carbocycles. The van der Waals surface area contributed by atoms with E-state index in [-0.39, 0.29) is 16.7 Å². The first kappa shape index (κ1) is 14.6. The highest BCUT2D eigenvalue weighted by molar-refractivity contribution is 7.89. The summed E-state index contributed by atoms with van der Waals surface area (Å²) in [7, 11) is -3.85. The van der Waals surface area contributed by atoms with Gasteiger partial charge in [0.05, 0.1) is 5.69 Å². The number of carbonyl (C=O) groups excluding carboxylic acids is 1. The van der Waals surface area contributed by atoms with Crippen molar-refractivity contribution in [2.24, 2.45) is 16.8 Å². The van der Waals surface area contributed by atoms with Crippen molar-refractivity contribution >= 4 is 27.3 Å². The van der Waals surface area contributed by atoms with Gasteiger partial charge in [0.1, 0.15) is 4.90 Å². The molecule has 0 aromatic heterocycles. The Kier molecular flexibility index (Phi) is 3.87. The number of nitrogens with two attached hydrogens (primary N) is 3. The highest BCUT2D eigenvalue weighted by Crippen LogP contribution is 2.30. The molecule has 2 rings (SSSR count). The smallest absolute Gasteiger partial charge is 0.240 e. The fraction of sp³-hybridized carbons (Fsp3) is 0.417. The van der Waals surface area contributed by atoms with Gasteiger partial charge in [-0.3, -0.25) is 4.79 Å². The summed E-state index contributed by atoms with van der Waals surface area (Å²) < 4.78 is 23.3. The predicted octanol–water partition coefficient (Wildman–Crippen LogP) is -0.382. The van der Waals surface area contributed by atoms with E-state index in [1.54, 1.807) is 12.1 Å². The van der Waals surface area contributed by atoms with Crippen molar-refractivity contribution in [3.8, 4) is 0 Å². The van der Waals surface area contributed by atoms with Crippen LogP contribution in [0.5, 0.6) is 0 Å². The average Bonchev–Trinajstić information content (AvgIpc) is 2.38. The summed E-state index contributed by atoms with van der Waals surface area (Å²) in [5, 5.41) is 5.22. The molecule has 1 aliphatic rings. The van der Waals surface area contributed by atoms with Crippen LogP contribution in [-0.2, 0) is 14.8 Å². The number of hydrogen-bond acceptors (Lipinski definition) is 5. The first-order valence-electron chi connectivity index (χ1n) is 6.25. The first-order chi connectivity index (χ1) is 9.29. The van der Waals surface area contributed by atoms with E-state index < -0.39 is 10.0 Å². The van der Waals surface area contributed by atoms with E-state index in [2.05, 4.69) is 0 Å². The number of sulfonamides is 1. The lowest BCUT2D eigenvalue weighted by Gasteiger charge is -2.33. The molecule has 1 aromatic rings. The number of piperidine rings is 1. The number of rotatable bonds is 3. The quantitative estimate of drug-likeness (QED) is 0.654. The van der Waals surface area contributed by atoms with Crippen molar-refractivity contribution < 1.29 is 13.2 Å². The van der Waals surface area contributed by atoms with Crippen LogP contribution in [0, 0.1) is 5.92 Å². The van der Waals surface area contributed by atoms with Crippen molar-refractivity contribution in [3.63, 3.8) is 0 Å². The number of benzene rings is 1.